The van der Waals surface area contributed by atoms with Crippen LogP contribution in [-0.4, -0.2) is 18.2 Å². The molecule has 0 atom stereocenters. The van der Waals surface area contributed by atoms with Gasteiger partial charge in [0.1, 0.15) is 0 Å². The van der Waals surface area contributed by atoms with Crippen molar-refractivity contribution in [3.8, 4) is 0 Å². The Morgan fingerprint density at radius 3 is 2.27 bits per heavy atom. The monoisotopic (exact) mass is 373 g/mol. The smallest absolute Gasteiger partial charge is 0.251 e. The molecule has 2 aromatic rings. The zero-order valence-electron chi connectivity index (χ0n) is 11.6. The van der Waals surface area contributed by atoms with Gasteiger partial charge >= 0.3 is 0 Å². The van der Waals surface area contributed by atoms with Crippen molar-refractivity contribution in [1.29, 1.82) is 0 Å². The highest BCUT2D eigenvalue weighted by molar-refractivity contribution is 7.98. The molecule has 6 heteroatoms. The maximum atomic E-state index is 11.9. The van der Waals surface area contributed by atoms with Gasteiger partial charge in [0.15, 0.2) is 0 Å². The SMILES string of the molecule is O=C(NCCSCc1c(Cl)cccc1Cl)c1ccc(Cl)cc1. The molecule has 22 heavy (non-hydrogen) atoms. The van der Waals surface area contributed by atoms with Gasteiger partial charge in [0.2, 0.25) is 0 Å². The van der Waals surface area contributed by atoms with Crippen molar-refractivity contribution >= 4 is 52.5 Å². The minimum Gasteiger partial charge on any atom is -0.351 e. The molecule has 0 heterocycles. The van der Waals surface area contributed by atoms with Crippen LogP contribution in [0.3, 0.4) is 0 Å². The predicted octanol–water partition coefficient (Wildman–Crippen LogP) is 5.31. The molecule has 0 aliphatic heterocycles. The van der Waals surface area contributed by atoms with E-state index in [9.17, 15) is 4.79 Å². The van der Waals surface area contributed by atoms with E-state index in [1.54, 1.807) is 36.0 Å². The van der Waals surface area contributed by atoms with Crippen molar-refractivity contribution in [2.45, 2.75) is 5.75 Å². The molecule has 0 aliphatic carbocycles. The zero-order chi connectivity index (χ0) is 15.9. The van der Waals surface area contributed by atoms with Crippen LogP contribution in [0.2, 0.25) is 15.1 Å². The molecule has 1 amide bonds. The fourth-order valence-corrected chi connectivity index (χ4v) is 3.51. The van der Waals surface area contributed by atoms with Crippen molar-refractivity contribution in [1.82, 2.24) is 5.32 Å². The van der Waals surface area contributed by atoms with Gasteiger partial charge in [-0.05, 0) is 42.0 Å². The molecule has 2 nitrogen and oxygen atoms in total. The van der Waals surface area contributed by atoms with Crippen molar-refractivity contribution in [3.63, 3.8) is 0 Å². The summed E-state index contributed by atoms with van der Waals surface area (Å²) in [6, 6.07) is 12.3. The summed E-state index contributed by atoms with van der Waals surface area (Å²) in [6.07, 6.45) is 0. The standard InChI is InChI=1S/C16H14Cl3NOS/c17-12-6-4-11(5-7-12)16(21)20-8-9-22-10-13-14(18)2-1-3-15(13)19/h1-7H,8-10H2,(H,20,21). The van der Waals surface area contributed by atoms with E-state index in [0.29, 0.717) is 27.2 Å². The first-order chi connectivity index (χ1) is 10.6. The van der Waals surface area contributed by atoms with E-state index in [0.717, 1.165) is 17.1 Å². The van der Waals surface area contributed by atoms with Gasteiger partial charge in [-0.25, -0.2) is 0 Å². The largest absolute Gasteiger partial charge is 0.351 e. The molecule has 0 bridgehead atoms. The number of hydrogen-bond acceptors (Lipinski definition) is 2. The Morgan fingerprint density at radius 2 is 1.64 bits per heavy atom. The molecule has 0 fully saturated rings. The second-order valence-corrected chi connectivity index (χ2v) is 6.87. The van der Waals surface area contributed by atoms with E-state index < -0.39 is 0 Å². The van der Waals surface area contributed by atoms with Crippen molar-refractivity contribution in [2.75, 3.05) is 12.3 Å². The van der Waals surface area contributed by atoms with Gasteiger partial charge < -0.3 is 5.32 Å². The number of carbonyl (C=O) groups is 1. The molecule has 0 aliphatic rings. The van der Waals surface area contributed by atoms with Gasteiger partial charge in [0.25, 0.3) is 5.91 Å². The van der Waals surface area contributed by atoms with Crippen LogP contribution in [0, 0.1) is 0 Å². The number of rotatable bonds is 6. The zero-order valence-corrected chi connectivity index (χ0v) is 14.7. The van der Waals surface area contributed by atoms with Crippen molar-refractivity contribution < 1.29 is 4.79 Å². The first kappa shape index (κ1) is 17.5. The second kappa shape index (κ2) is 8.68. The van der Waals surface area contributed by atoms with Crippen molar-refractivity contribution in [2.24, 2.45) is 0 Å². The van der Waals surface area contributed by atoms with E-state index >= 15 is 0 Å². The summed E-state index contributed by atoms with van der Waals surface area (Å²) in [5.74, 6) is 1.39. The summed E-state index contributed by atoms with van der Waals surface area (Å²) in [7, 11) is 0. The number of nitrogens with one attached hydrogen (secondary N) is 1. The third-order valence-electron chi connectivity index (χ3n) is 2.95. The lowest BCUT2D eigenvalue weighted by molar-refractivity contribution is 0.0956. The quantitative estimate of drug-likeness (QED) is 0.694. The van der Waals surface area contributed by atoms with Crippen LogP contribution < -0.4 is 5.32 Å². The minimum atomic E-state index is -0.104. The maximum Gasteiger partial charge on any atom is 0.251 e. The summed E-state index contributed by atoms with van der Waals surface area (Å²) in [5, 5.41) is 4.82. The van der Waals surface area contributed by atoms with Gasteiger partial charge in [-0.3, -0.25) is 4.79 Å². The summed E-state index contributed by atoms with van der Waals surface area (Å²) >= 11 is 19.7. The second-order valence-electron chi connectivity index (χ2n) is 4.52. The molecular formula is C16H14Cl3NOS. The lowest BCUT2D eigenvalue weighted by Gasteiger charge is -2.08. The fourth-order valence-electron chi connectivity index (χ4n) is 1.78. The predicted molar refractivity (Wildman–Crippen MR) is 96.4 cm³/mol. The molecule has 0 radical (unpaired) electrons. The van der Waals surface area contributed by atoms with Crippen LogP contribution in [-0.2, 0) is 5.75 Å². The average molecular weight is 375 g/mol. The Hall–Kier alpha value is -0.870. The summed E-state index contributed by atoms with van der Waals surface area (Å²) < 4.78 is 0. The maximum absolute atomic E-state index is 11.9. The van der Waals surface area contributed by atoms with Crippen LogP contribution in [0.15, 0.2) is 42.5 Å². The highest BCUT2D eigenvalue weighted by atomic mass is 35.5. The third kappa shape index (κ3) is 5.10. The fraction of sp³-hybridized carbons (Fsp3) is 0.188. The molecule has 2 rings (SSSR count). The molecule has 0 saturated heterocycles. The van der Waals surface area contributed by atoms with Crippen LogP contribution in [0.5, 0.6) is 0 Å². The summed E-state index contributed by atoms with van der Waals surface area (Å²) in [6.45, 7) is 0.578. The Bertz CT molecular complexity index is 626. The van der Waals surface area contributed by atoms with Gasteiger partial charge in [0.05, 0.1) is 0 Å². The van der Waals surface area contributed by atoms with E-state index in [1.165, 1.54) is 0 Å². The number of benzene rings is 2. The summed E-state index contributed by atoms with van der Waals surface area (Å²) in [4.78, 5) is 11.9. The van der Waals surface area contributed by atoms with Gasteiger partial charge in [-0.1, -0.05) is 40.9 Å². The van der Waals surface area contributed by atoms with E-state index in [1.807, 2.05) is 18.2 Å². The first-order valence-electron chi connectivity index (χ1n) is 6.62. The Kier molecular flexibility index (Phi) is 6.90. The van der Waals surface area contributed by atoms with Crippen molar-refractivity contribution in [3.05, 3.63) is 68.7 Å². The van der Waals surface area contributed by atoms with Gasteiger partial charge in [-0.15, -0.1) is 0 Å². The molecular weight excluding hydrogens is 361 g/mol. The molecule has 0 unspecified atom stereocenters. The Morgan fingerprint density at radius 1 is 1.00 bits per heavy atom. The number of carbonyl (C=O) groups excluding carboxylic acids is 1. The molecule has 116 valence electrons. The lowest BCUT2D eigenvalue weighted by Crippen LogP contribution is -2.25. The highest BCUT2D eigenvalue weighted by Crippen LogP contribution is 2.27. The van der Waals surface area contributed by atoms with Gasteiger partial charge in [0, 0.05) is 38.7 Å². The van der Waals surface area contributed by atoms with Crippen LogP contribution in [0.25, 0.3) is 0 Å². The average Bonchev–Trinajstić information content (AvgIpc) is 2.50. The van der Waals surface area contributed by atoms with E-state index in [2.05, 4.69) is 5.32 Å². The molecule has 1 N–H and O–H groups in total. The topological polar surface area (TPSA) is 29.1 Å². The molecule has 2 aromatic carbocycles. The minimum absolute atomic E-state index is 0.104. The molecule has 0 saturated carbocycles. The van der Waals surface area contributed by atoms with Crippen LogP contribution >= 0.6 is 46.6 Å². The number of thioether (sulfide) groups is 1. The Labute approximate surface area is 149 Å². The molecule has 0 aromatic heterocycles. The number of amides is 1. The molecule has 0 spiro atoms. The van der Waals surface area contributed by atoms with Crippen LogP contribution in [0.1, 0.15) is 15.9 Å². The summed E-state index contributed by atoms with van der Waals surface area (Å²) in [5.41, 5.74) is 1.53. The van der Waals surface area contributed by atoms with E-state index in [-0.39, 0.29) is 5.91 Å². The van der Waals surface area contributed by atoms with E-state index in [4.69, 9.17) is 34.8 Å². The lowest BCUT2D eigenvalue weighted by atomic mass is 10.2. The first-order valence-corrected chi connectivity index (χ1v) is 8.91. The third-order valence-corrected chi connectivity index (χ3v) is 4.89. The van der Waals surface area contributed by atoms with Gasteiger partial charge in [-0.2, -0.15) is 11.8 Å². The Balaban J connectivity index is 1.73. The number of halogens is 3. The highest BCUT2D eigenvalue weighted by Gasteiger charge is 2.06. The number of hydrogen-bond donors (Lipinski definition) is 1. The normalized spacial score (nSPS) is 10.5. The van der Waals surface area contributed by atoms with Crippen LogP contribution in [0.4, 0.5) is 0 Å².